The van der Waals surface area contributed by atoms with Crippen LogP contribution in [0.4, 0.5) is 17.8 Å². The number of piperazine rings is 1. The summed E-state index contributed by atoms with van der Waals surface area (Å²) in [7, 11) is 7.01. The molecule has 42 heavy (non-hydrogen) atoms. The third-order valence-corrected chi connectivity index (χ3v) is 7.75. The van der Waals surface area contributed by atoms with Gasteiger partial charge in [-0.25, -0.2) is 9.78 Å². The first-order chi connectivity index (χ1) is 20.5. The fourth-order valence-electron chi connectivity index (χ4n) is 5.18. The second kappa shape index (κ2) is 14.5. The van der Waals surface area contributed by atoms with E-state index in [1.54, 1.807) is 14.2 Å². The maximum absolute atomic E-state index is 5.56. The van der Waals surface area contributed by atoms with Gasteiger partial charge < -0.3 is 29.9 Å². The first-order valence-corrected chi connectivity index (χ1v) is 14.4. The van der Waals surface area contributed by atoms with Crippen LogP contribution >= 0.6 is 0 Å². The molecule has 0 spiro atoms. The van der Waals surface area contributed by atoms with Crippen molar-refractivity contribution in [3.8, 4) is 11.5 Å². The molecule has 2 aliphatic rings. The van der Waals surface area contributed by atoms with E-state index in [0.29, 0.717) is 37.5 Å². The van der Waals surface area contributed by atoms with Crippen LogP contribution in [0.25, 0.3) is 0 Å². The van der Waals surface area contributed by atoms with Gasteiger partial charge in [-0.3, -0.25) is 4.90 Å². The quantitative estimate of drug-likeness (QED) is 0.230. The molecule has 1 fully saturated rings. The lowest BCUT2D eigenvalue weighted by Crippen LogP contribution is -2.45. The van der Waals surface area contributed by atoms with Crippen molar-refractivity contribution in [2.45, 2.75) is 26.1 Å². The van der Waals surface area contributed by atoms with E-state index in [9.17, 15) is 0 Å². The summed E-state index contributed by atoms with van der Waals surface area (Å²) in [6.07, 6.45) is 0.857. The molecule has 5 rings (SSSR count). The van der Waals surface area contributed by atoms with Crippen molar-refractivity contribution < 1.29 is 19.2 Å². The van der Waals surface area contributed by atoms with Gasteiger partial charge in [-0.05, 0) is 47.9 Å². The number of rotatable bonds is 13. The van der Waals surface area contributed by atoms with Crippen LogP contribution < -0.4 is 25.0 Å². The molecule has 226 valence electrons. The van der Waals surface area contributed by atoms with E-state index in [4.69, 9.17) is 34.2 Å². The maximum atomic E-state index is 5.56. The van der Waals surface area contributed by atoms with Crippen LogP contribution in [0, 0.1) is 0 Å². The van der Waals surface area contributed by atoms with Gasteiger partial charge in [0.15, 0.2) is 11.5 Å². The lowest BCUT2D eigenvalue weighted by molar-refractivity contribution is -0.282. The number of hydrogen-bond donors (Lipinski definition) is 2. The summed E-state index contributed by atoms with van der Waals surface area (Å²) in [4.78, 5) is 31.1. The highest BCUT2D eigenvalue weighted by molar-refractivity contribution is 5.52. The van der Waals surface area contributed by atoms with E-state index in [2.05, 4.69) is 56.6 Å². The number of ether oxygens (including phenoxy) is 2. The summed E-state index contributed by atoms with van der Waals surface area (Å²) in [5, 5.41) is 6.86. The standard InChI is InChI=1S/C30H42N8O4/c1-36-13-15-37(16-14-36)12-10-31-28-33-29(32-19-22-5-7-23(8-6-22)21-42-41-4)35-30(34-28)38-11-9-24-17-26(39-2)27(40-3)18-25(24)20-38/h5-8,17-18H,9-16,19-21H2,1-4H3,(H2,31,32,33,34,35). The van der Waals surface area contributed by atoms with Gasteiger partial charge >= 0.3 is 0 Å². The number of likely N-dealkylation sites (N-methyl/N-ethyl adjacent to an activating group) is 1. The number of anilines is 3. The van der Waals surface area contributed by atoms with Crippen LogP contribution in [-0.4, -0.2) is 98.9 Å². The highest BCUT2D eigenvalue weighted by Gasteiger charge is 2.23. The van der Waals surface area contributed by atoms with Crippen LogP contribution in [0.2, 0.25) is 0 Å². The van der Waals surface area contributed by atoms with Crippen LogP contribution in [0.15, 0.2) is 36.4 Å². The van der Waals surface area contributed by atoms with E-state index in [1.807, 2.05) is 12.1 Å². The predicted octanol–water partition coefficient (Wildman–Crippen LogP) is 2.80. The molecule has 1 aromatic heterocycles. The summed E-state index contributed by atoms with van der Waals surface area (Å²) in [5.74, 6) is 3.22. The van der Waals surface area contributed by atoms with Gasteiger partial charge in [0, 0.05) is 58.9 Å². The van der Waals surface area contributed by atoms with E-state index in [1.165, 1.54) is 18.2 Å². The van der Waals surface area contributed by atoms with Crippen LogP contribution in [0.5, 0.6) is 11.5 Å². The highest BCUT2D eigenvalue weighted by atomic mass is 17.2. The van der Waals surface area contributed by atoms with Crippen molar-refractivity contribution in [2.24, 2.45) is 0 Å². The van der Waals surface area contributed by atoms with Gasteiger partial charge in [-0.15, -0.1) is 0 Å². The fraction of sp³-hybridized carbons (Fsp3) is 0.500. The molecule has 12 heteroatoms. The zero-order valence-corrected chi connectivity index (χ0v) is 25.1. The van der Waals surface area contributed by atoms with Crippen molar-refractivity contribution >= 4 is 17.8 Å². The first kappa shape index (κ1) is 29.8. The predicted molar refractivity (Wildman–Crippen MR) is 162 cm³/mol. The fourth-order valence-corrected chi connectivity index (χ4v) is 5.18. The molecular weight excluding hydrogens is 536 g/mol. The van der Waals surface area contributed by atoms with Crippen LogP contribution in [0.3, 0.4) is 0 Å². The van der Waals surface area contributed by atoms with Crippen molar-refractivity contribution in [3.05, 3.63) is 58.7 Å². The van der Waals surface area contributed by atoms with E-state index >= 15 is 0 Å². The molecule has 0 atom stereocenters. The molecule has 12 nitrogen and oxygen atoms in total. The average Bonchev–Trinajstić information content (AvgIpc) is 3.03. The molecule has 2 aromatic carbocycles. The minimum atomic E-state index is 0.405. The number of methoxy groups -OCH3 is 2. The zero-order chi connectivity index (χ0) is 29.3. The Morgan fingerprint density at radius 2 is 1.45 bits per heavy atom. The normalized spacial score (nSPS) is 15.8. The van der Waals surface area contributed by atoms with Gasteiger partial charge in [-0.1, -0.05) is 24.3 Å². The second-order valence-corrected chi connectivity index (χ2v) is 10.6. The smallest absolute Gasteiger partial charge is 0.232 e. The van der Waals surface area contributed by atoms with Crippen molar-refractivity contribution in [2.75, 3.05) is 89.7 Å². The Morgan fingerprint density at radius 1 is 0.786 bits per heavy atom. The van der Waals surface area contributed by atoms with E-state index < -0.39 is 0 Å². The molecule has 3 heterocycles. The Hall–Kier alpha value is -3.71. The Kier molecular flexibility index (Phi) is 10.2. The lowest BCUT2D eigenvalue weighted by atomic mass is 9.99. The molecule has 1 saturated heterocycles. The van der Waals surface area contributed by atoms with E-state index in [-0.39, 0.29) is 0 Å². The summed E-state index contributed by atoms with van der Waals surface area (Å²) >= 11 is 0. The summed E-state index contributed by atoms with van der Waals surface area (Å²) < 4.78 is 11.1. The average molecular weight is 579 g/mol. The molecule has 0 radical (unpaired) electrons. The summed E-state index contributed by atoms with van der Waals surface area (Å²) in [6.45, 7) is 8.48. The van der Waals surface area contributed by atoms with Gasteiger partial charge in [0.25, 0.3) is 0 Å². The minimum Gasteiger partial charge on any atom is -0.493 e. The Morgan fingerprint density at radius 3 is 2.14 bits per heavy atom. The van der Waals surface area contributed by atoms with Gasteiger partial charge in [0.1, 0.15) is 6.61 Å². The first-order valence-electron chi connectivity index (χ1n) is 14.4. The largest absolute Gasteiger partial charge is 0.493 e. The highest BCUT2D eigenvalue weighted by Crippen LogP contribution is 2.34. The number of nitrogens with zero attached hydrogens (tertiary/aromatic N) is 6. The van der Waals surface area contributed by atoms with Crippen LogP contribution in [-0.2, 0) is 35.9 Å². The van der Waals surface area contributed by atoms with Crippen LogP contribution in [0.1, 0.15) is 22.3 Å². The Labute approximate surface area is 247 Å². The third kappa shape index (κ3) is 7.77. The molecule has 0 saturated carbocycles. The van der Waals surface area contributed by atoms with Gasteiger partial charge in [-0.2, -0.15) is 15.0 Å². The molecule has 3 aromatic rings. The number of fused-ring (bicyclic) bond motifs is 1. The number of benzene rings is 2. The second-order valence-electron chi connectivity index (χ2n) is 10.6. The monoisotopic (exact) mass is 578 g/mol. The minimum absolute atomic E-state index is 0.405. The van der Waals surface area contributed by atoms with Crippen molar-refractivity contribution in [3.63, 3.8) is 0 Å². The molecule has 0 amide bonds. The number of hydrogen-bond acceptors (Lipinski definition) is 12. The zero-order valence-electron chi connectivity index (χ0n) is 25.1. The molecule has 0 aliphatic carbocycles. The molecule has 2 aliphatic heterocycles. The number of aromatic nitrogens is 3. The molecule has 0 unspecified atom stereocenters. The third-order valence-electron chi connectivity index (χ3n) is 7.75. The van der Waals surface area contributed by atoms with Gasteiger partial charge in [0.2, 0.25) is 17.8 Å². The topological polar surface area (TPSA) is 109 Å². The van der Waals surface area contributed by atoms with Crippen molar-refractivity contribution in [1.29, 1.82) is 0 Å². The SMILES string of the molecule is COOCc1ccc(CNc2nc(NCCN3CCN(C)CC3)nc(N3CCc4cc(OC)c(OC)cc4C3)n2)cc1. The lowest BCUT2D eigenvalue weighted by Gasteiger charge is -2.32. The Balaban J connectivity index is 1.30. The molecule has 2 N–H and O–H groups in total. The summed E-state index contributed by atoms with van der Waals surface area (Å²) in [5.41, 5.74) is 4.57. The van der Waals surface area contributed by atoms with Gasteiger partial charge in [0.05, 0.1) is 21.3 Å². The number of nitrogens with one attached hydrogen (secondary N) is 2. The molecule has 0 bridgehead atoms. The molecular formula is C30H42N8O4. The summed E-state index contributed by atoms with van der Waals surface area (Å²) in [6, 6.07) is 12.3. The Bertz CT molecular complexity index is 1300. The maximum Gasteiger partial charge on any atom is 0.232 e. The van der Waals surface area contributed by atoms with Crippen molar-refractivity contribution in [1.82, 2.24) is 24.8 Å². The van der Waals surface area contributed by atoms with E-state index in [0.717, 1.165) is 74.9 Å².